The van der Waals surface area contributed by atoms with Gasteiger partial charge in [-0.15, -0.1) is 5.10 Å². The van der Waals surface area contributed by atoms with E-state index in [1.165, 1.54) is 6.20 Å². The first-order valence-electron chi connectivity index (χ1n) is 13.4. The molecule has 0 radical (unpaired) electrons. The molecule has 4 aromatic heterocycles. The van der Waals surface area contributed by atoms with Gasteiger partial charge in [0.15, 0.2) is 5.78 Å². The van der Waals surface area contributed by atoms with Crippen LogP contribution in [0, 0.1) is 12.8 Å². The number of rotatable bonds is 8. The van der Waals surface area contributed by atoms with Gasteiger partial charge in [0.05, 0.1) is 35.0 Å². The highest BCUT2D eigenvalue weighted by molar-refractivity contribution is 5.95. The van der Waals surface area contributed by atoms with Crippen molar-refractivity contribution in [3.8, 4) is 16.9 Å². The Morgan fingerprint density at radius 1 is 1.02 bits per heavy atom. The Hall–Kier alpha value is -4.19. The van der Waals surface area contributed by atoms with Crippen molar-refractivity contribution in [2.24, 2.45) is 5.92 Å². The second-order valence-corrected chi connectivity index (χ2v) is 10.6. The molecule has 0 N–H and O–H groups in total. The summed E-state index contributed by atoms with van der Waals surface area (Å²) in [4.78, 5) is 30.2. The summed E-state index contributed by atoms with van der Waals surface area (Å²) >= 11 is 0. The van der Waals surface area contributed by atoms with E-state index in [9.17, 15) is 18.0 Å². The van der Waals surface area contributed by atoms with Gasteiger partial charge in [-0.1, -0.05) is 19.1 Å². The van der Waals surface area contributed by atoms with Crippen LogP contribution in [0.5, 0.6) is 0 Å². The van der Waals surface area contributed by atoms with E-state index in [-0.39, 0.29) is 12.1 Å². The van der Waals surface area contributed by atoms with Crippen molar-refractivity contribution in [2.75, 3.05) is 37.6 Å². The summed E-state index contributed by atoms with van der Waals surface area (Å²) in [6.07, 6.45) is 3.17. The predicted molar refractivity (Wildman–Crippen MR) is 148 cm³/mol. The van der Waals surface area contributed by atoms with Gasteiger partial charge in [0.25, 0.3) is 0 Å². The van der Waals surface area contributed by atoms with Gasteiger partial charge in [-0.3, -0.25) is 24.6 Å². The zero-order valence-electron chi connectivity index (χ0n) is 23.1. The van der Waals surface area contributed by atoms with E-state index in [0.717, 1.165) is 62.3 Å². The number of nitrogens with zero attached hydrogens (tertiary/aromatic N) is 8. The fourth-order valence-corrected chi connectivity index (χ4v) is 4.89. The first-order valence-corrected chi connectivity index (χ1v) is 13.4. The van der Waals surface area contributed by atoms with Crippen LogP contribution in [-0.4, -0.2) is 73.4 Å². The number of carbonyl (C=O) groups excluding carboxylic acids is 1. The lowest BCUT2D eigenvalue weighted by Crippen LogP contribution is -2.47. The molecule has 9 nitrogen and oxygen atoms in total. The van der Waals surface area contributed by atoms with Gasteiger partial charge >= 0.3 is 6.18 Å². The molecule has 1 fully saturated rings. The molecule has 0 saturated carbocycles. The second kappa shape index (κ2) is 11.7. The molecule has 0 unspecified atom stereocenters. The van der Waals surface area contributed by atoms with E-state index < -0.39 is 17.5 Å². The van der Waals surface area contributed by atoms with E-state index in [0.29, 0.717) is 28.6 Å². The van der Waals surface area contributed by atoms with Crippen LogP contribution in [0.1, 0.15) is 41.2 Å². The number of ketones is 1. The summed E-state index contributed by atoms with van der Waals surface area (Å²) in [5.41, 5.74) is 3.10. The Morgan fingerprint density at radius 2 is 1.80 bits per heavy atom. The van der Waals surface area contributed by atoms with Crippen LogP contribution in [0.25, 0.3) is 16.9 Å². The lowest BCUT2D eigenvalue weighted by molar-refractivity contribution is -0.137. The summed E-state index contributed by atoms with van der Waals surface area (Å²) in [6, 6.07) is 5.39. The van der Waals surface area contributed by atoms with Crippen LogP contribution in [0.2, 0.25) is 0 Å². The van der Waals surface area contributed by atoms with Gasteiger partial charge in [-0.05, 0) is 42.7 Å². The monoisotopic (exact) mass is 564 g/mol. The highest BCUT2D eigenvalue weighted by Gasteiger charge is 2.31. The largest absolute Gasteiger partial charge is 0.416 e. The van der Waals surface area contributed by atoms with Gasteiger partial charge in [0.1, 0.15) is 11.4 Å². The average molecular weight is 565 g/mol. The summed E-state index contributed by atoms with van der Waals surface area (Å²) in [6.45, 7) is 11.2. The fraction of sp³-hybridized carbons (Fsp3) is 0.379. The number of halogens is 3. The standard InChI is InChI=1S/C29H31F3N8O/c1-19(2)17-38-6-8-39(9-7-38)24-12-22(15-33-16-24)26-18-40(37-36-26)27-10-21(14-35-20(27)3)11-28(41)25-13-23(4-5-34-25)29(30,31)32/h4-5,10,12-16,18-19H,6-9,11,17H2,1-3H3. The van der Waals surface area contributed by atoms with Crippen molar-refractivity contribution in [1.82, 2.24) is 34.8 Å². The summed E-state index contributed by atoms with van der Waals surface area (Å²) < 4.78 is 40.8. The number of aryl methyl sites for hydroxylation is 1. The van der Waals surface area contributed by atoms with E-state index in [4.69, 9.17) is 0 Å². The summed E-state index contributed by atoms with van der Waals surface area (Å²) in [5.74, 6) is 0.0985. The molecule has 0 bridgehead atoms. The van der Waals surface area contributed by atoms with Crippen LogP contribution in [0.15, 0.2) is 55.2 Å². The van der Waals surface area contributed by atoms with Crippen LogP contribution in [0.3, 0.4) is 0 Å². The number of anilines is 1. The highest BCUT2D eigenvalue weighted by atomic mass is 19.4. The SMILES string of the molecule is Cc1ncc(CC(=O)c2cc(C(F)(F)F)ccn2)cc1-n1cc(-c2cncc(N3CCN(CC(C)C)CC3)c2)nn1. The van der Waals surface area contributed by atoms with Crippen LogP contribution < -0.4 is 4.90 Å². The molecule has 12 heteroatoms. The molecule has 214 valence electrons. The minimum atomic E-state index is -4.56. The van der Waals surface area contributed by atoms with Gasteiger partial charge in [0.2, 0.25) is 0 Å². The van der Waals surface area contributed by atoms with Crippen LogP contribution in [-0.2, 0) is 12.6 Å². The Balaban J connectivity index is 1.31. The quantitative estimate of drug-likeness (QED) is 0.286. The highest BCUT2D eigenvalue weighted by Crippen LogP contribution is 2.29. The minimum Gasteiger partial charge on any atom is -0.368 e. The van der Waals surface area contributed by atoms with Crippen molar-refractivity contribution in [3.63, 3.8) is 0 Å². The third-order valence-corrected chi connectivity index (χ3v) is 6.98. The second-order valence-electron chi connectivity index (χ2n) is 10.6. The van der Waals surface area contributed by atoms with E-state index in [1.807, 2.05) is 6.20 Å². The molecule has 5 heterocycles. The maximum Gasteiger partial charge on any atom is 0.416 e. The van der Waals surface area contributed by atoms with Gasteiger partial charge in [-0.2, -0.15) is 13.2 Å². The van der Waals surface area contributed by atoms with E-state index in [1.54, 1.807) is 30.1 Å². The molecular formula is C29H31F3N8O. The van der Waals surface area contributed by atoms with Crippen LogP contribution in [0.4, 0.5) is 18.9 Å². The molecule has 0 spiro atoms. The predicted octanol–water partition coefficient (Wildman–Crippen LogP) is 4.65. The number of pyridine rings is 3. The maximum absolute atomic E-state index is 13.1. The average Bonchev–Trinajstić information content (AvgIpc) is 3.44. The lowest BCUT2D eigenvalue weighted by Gasteiger charge is -2.36. The van der Waals surface area contributed by atoms with Gasteiger partial charge in [0, 0.05) is 63.3 Å². The molecular weight excluding hydrogens is 533 g/mol. The normalized spacial score (nSPS) is 14.6. The maximum atomic E-state index is 13.1. The molecule has 0 aliphatic carbocycles. The number of aromatic nitrogens is 6. The summed E-state index contributed by atoms with van der Waals surface area (Å²) in [7, 11) is 0. The number of Topliss-reactive ketones (excluding diaryl/α,β-unsaturated/α-hetero) is 1. The number of piperazine rings is 1. The Bertz CT molecular complexity index is 1530. The Kier molecular flexibility index (Phi) is 8.11. The van der Waals surface area contributed by atoms with Crippen molar-refractivity contribution in [2.45, 2.75) is 33.4 Å². The van der Waals surface area contributed by atoms with Crippen molar-refractivity contribution in [3.05, 3.63) is 77.8 Å². The summed E-state index contributed by atoms with van der Waals surface area (Å²) in [5, 5.41) is 8.62. The van der Waals surface area contributed by atoms with Crippen molar-refractivity contribution < 1.29 is 18.0 Å². The van der Waals surface area contributed by atoms with Crippen molar-refractivity contribution >= 4 is 11.5 Å². The third-order valence-electron chi connectivity index (χ3n) is 6.98. The number of hydrogen-bond donors (Lipinski definition) is 0. The topological polar surface area (TPSA) is 92.9 Å². The molecule has 0 aromatic carbocycles. The zero-order valence-corrected chi connectivity index (χ0v) is 23.1. The van der Waals surface area contributed by atoms with E-state index >= 15 is 0 Å². The number of alkyl halides is 3. The molecule has 1 saturated heterocycles. The van der Waals surface area contributed by atoms with E-state index in [2.05, 4.69) is 55.0 Å². The molecule has 1 aliphatic rings. The first kappa shape index (κ1) is 28.3. The third kappa shape index (κ3) is 6.76. The Labute approximate surface area is 236 Å². The first-order chi connectivity index (χ1) is 19.6. The van der Waals surface area contributed by atoms with Gasteiger partial charge < -0.3 is 4.90 Å². The fourth-order valence-electron chi connectivity index (χ4n) is 4.89. The van der Waals surface area contributed by atoms with Crippen LogP contribution >= 0.6 is 0 Å². The molecule has 0 atom stereocenters. The molecule has 0 amide bonds. The lowest BCUT2D eigenvalue weighted by atomic mass is 10.1. The Morgan fingerprint density at radius 3 is 2.54 bits per heavy atom. The number of hydrogen-bond acceptors (Lipinski definition) is 8. The smallest absolute Gasteiger partial charge is 0.368 e. The molecule has 4 aromatic rings. The molecule has 41 heavy (non-hydrogen) atoms. The molecule has 5 rings (SSSR count). The zero-order chi connectivity index (χ0) is 29.1. The van der Waals surface area contributed by atoms with Crippen molar-refractivity contribution in [1.29, 1.82) is 0 Å². The number of carbonyl (C=O) groups is 1. The molecule has 1 aliphatic heterocycles. The van der Waals surface area contributed by atoms with Gasteiger partial charge in [-0.25, -0.2) is 4.68 Å². The minimum absolute atomic E-state index is 0.160.